The molecule has 4 heteroatoms. The van der Waals surface area contributed by atoms with Crippen LogP contribution in [0.5, 0.6) is 0 Å². The van der Waals surface area contributed by atoms with Crippen LogP contribution in [0.25, 0.3) is 0 Å². The van der Waals surface area contributed by atoms with Gasteiger partial charge in [0.2, 0.25) is 0 Å². The fraction of sp³-hybridized carbons (Fsp3) is 0.889. The Bertz CT molecular complexity index is 165. The summed E-state index contributed by atoms with van der Waals surface area (Å²) < 4.78 is 5.07. The molecule has 13 heavy (non-hydrogen) atoms. The third-order valence-electron chi connectivity index (χ3n) is 1.34. The third kappa shape index (κ3) is 7.96. The Kier molecular flexibility index (Phi) is 5.21. The molecule has 1 unspecified atom stereocenters. The molecule has 0 bridgehead atoms. The van der Waals surface area contributed by atoms with E-state index in [0.717, 1.165) is 0 Å². The van der Waals surface area contributed by atoms with Crippen LogP contribution in [-0.4, -0.2) is 29.7 Å². The molecule has 0 saturated heterocycles. The van der Waals surface area contributed by atoms with Crippen LogP contribution in [0.3, 0.4) is 0 Å². The van der Waals surface area contributed by atoms with Crippen LogP contribution in [0, 0.1) is 0 Å². The Labute approximate surface area is 84.6 Å². The van der Waals surface area contributed by atoms with Gasteiger partial charge in [0.1, 0.15) is 5.60 Å². The molecule has 0 spiro atoms. The first-order valence-corrected chi connectivity index (χ1v) is 5.63. The molecule has 3 nitrogen and oxygen atoms in total. The first kappa shape index (κ1) is 12.6. The molecule has 0 radical (unpaired) electrons. The number of hydrogen-bond acceptors (Lipinski definition) is 3. The summed E-state index contributed by atoms with van der Waals surface area (Å²) in [4.78, 5) is 11.1. The smallest absolute Gasteiger partial charge is 0.407 e. The van der Waals surface area contributed by atoms with Gasteiger partial charge in [-0.15, -0.1) is 0 Å². The molecule has 0 saturated carbocycles. The van der Waals surface area contributed by atoms with Crippen LogP contribution in [0.1, 0.15) is 27.7 Å². The lowest BCUT2D eigenvalue weighted by atomic mass is 10.2. The molecule has 0 fully saturated rings. The van der Waals surface area contributed by atoms with E-state index in [1.54, 1.807) is 11.8 Å². The van der Waals surface area contributed by atoms with Crippen molar-refractivity contribution in [1.82, 2.24) is 5.32 Å². The summed E-state index contributed by atoms with van der Waals surface area (Å²) in [5, 5.41) is 3.13. The van der Waals surface area contributed by atoms with Crippen molar-refractivity contribution in [3.8, 4) is 0 Å². The van der Waals surface area contributed by atoms with E-state index in [0.29, 0.717) is 11.8 Å². The molecule has 78 valence electrons. The monoisotopic (exact) mass is 205 g/mol. The van der Waals surface area contributed by atoms with Crippen molar-refractivity contribution in [2.24, 2.45) is 0 Å². The van der Waals surface area contributed by atoms with Gasteiger partial charge in [-0.3, -0.25) is 0 Å². The average Bonchev–Trinajstić information content (AvgIpc) is 1.97. The van der Waals surface area contributed by atoms with Gasteiger partial charge in [-0.1, -0.05) is 6.92 Å². The maximum atomic E-state index is 11.1. The van der Waals surface area contributed by atoms with Gasteiger partial charge >= 0.3 is 6.09 Å². The van der Waals surface area contributed by atoms with Crippen LogP contribution >= 0.6 is 11.8 Å². The zero-order valence-corrected chi connectivity index (χ0v) is 9.83. The minimum absolute atomic E-state index is 0.339. The number of alkyl carbamates (subject to hydrolysis) is 1. The van der Waals surface area contributed by atoms with Crippen LogP contribution in [0.2, 0.25) is 0 Å². The summed E-state index contributed by atoms with van der Waals surface area (Å²) in [7, 11) is 0. The van der Waals surface area contributed by atoms with Crippen molar-refractivity contribution in [3.63, 3.8) is 0 Å². The number of ether oxygens (including phenoxy) is 1. The minimum atomic E-state index is -0.410. The van der Waals surface area contributed by atoms with E-state index in [1.807, 2.05) is 27.0 Å². The Morgan fingerprint density at radius 2 is 2.08 bits per heavy atom. The van der Waals surface area contributed by atoms with E-state index in [1.165, 1.54) is 0 Å². The fourth-order valence-corrected chi connectivity index (χ4v) is 0.875. The molecule has 0 aromatic heterocycles. The standard InChI is InChI=1S/C9H19NO2S/c1-7(13-5)6-10-8(11)12-9(2,3)4/h7H,6H2,1-5H3,(H,10,11). The number of thioether (sulfide) groups is 1. The number of carbonyl (C=O) groups is 1. The number of carbonyl (C=O) groups excluding carboxylic acids is 1. The van der Waals surface area contributed by atoms with Crippen molar-refractivity contribution in [1.29, 1.82) is 0 Å². The quantitative estimate of drug-likeness (QED) is 0.768. The molecule has 1 atom stereocenters. The average molecular weight is 205 g/mol. The summed E-state index contributed by atoms with van der Waals surface area (Å²) in [5.74, 6) is 0. The Balaban J connectivity index is 3.64. The molecule has 0 aliphatic rings. The highest BCUT2D eigenvalue weighted by atomic mass is 32.2. The predicted molar refractivity (Wildman–Crippen MR) is 57.2 cm³/mol. The number of amides is 1. The van der Waals surface area contributed by atoms with Gasteiger partial charge in [0.15, 0.2) is 0 Å². The second-order valence-electron chi connectivity index (χ2n) is 3.93. The summed E-state index contributed by atoms with van der Waals surface area (Å²) in [6.45, 7) is 8.26. The van der Waals surface area contributed by atoms with E-state index in [-0.39, 0.29) is 6.09 Å². The van der Waals surface area contributed by atoms with E-state index < -0.39 is 5.60 Å². The van der Waals surface area contributed by atoms with Gasteiger partial charge in [-0.2, -0.15) is 11.8 Å². The van der Waals surface area contributed by atoms with Gasteiger partial charge < -0.3 is 10.1 Å². The lowest BCUT2D eigenvalue weighted by Crippen LogP contribution is -2.35. The van der Waals surface area contributed by atoms with Crippen LogP contribution < -0.4 is 5.32 Å². The van der Waals surface area contributed by atoms with Crippen LogP contribution in [0.15, 0.2) is 0 Å². The maximum Gasteiger partial charge on any atom is 0.407 e. The summed E-state index contributed by atoms with van der Waals surface area (Å²) in [6.07, 6.45) is 1.68. The largest absolute Gasteiger partial charge is 0.444 e. The van der Waals surface area contributed by atoms with Crippen molar-refractivity contribution >= 4 is 17.9 Å². The first-order valence-electron chi connectivity index (χ1n) is 4.35. The van der Waals surface area contributed by atoms with Crippen LogP contribution in [-0.2, 0) is 4.74 Å². The van der Waals surface area contributed by atoms with E-state index in [9.17, 15) is 4.79 Å². The maximum absolute atomic E-state index is 11.1. The van der Waals surface area contributed by atoms with Crippen molar-refractivity contribution < 1.29 is 9.53 Å². The van der Waals surface area contributed by atoms with Gasteiger partial charge in [-0.25, -0.2) is 4.79 Å². The Morgan fingerprint density at radius 1 is 1.54 bits per heavy atom. The molecule has 0 heterocycles. The third-order valence-corrected chi connectivity index (χ3v) is 2.31. The normalized spacial score (nSPS) is 13.6. The SMILES string of the molecule is CSC(C)CNC(=O)OC(C)(C)C. The van der Waals surface area contributed by atoms with Gasteiger partial charge in [0.05, 0.1) is 0 Å². The number of hydrogen-bond donors (Lipinski definition) is 1. The highest BCUT2D eigenvalue weighted by molar-refractivity contribution is 7.99. The summed E-state index contributed by atoms with van der Waals surface area (Å²) >= 11 is 1.71. The van der Waals surface area contributed by atoms with Crippen molar-refractivity contribution in [2.75, 3.05) is 12.8 Å². The molecular weight excluding hydrogens is 186 g/mol. The highest BCUT2D eigenvalue weighted by Gasteiger charge is 2.15. The fourth-order valence-electron chi connectivity index (χ4n) is 0.625. The molecule has 0 aliphatic heterocycles. The van der Waals surface area contributed by atoms with Gasteiger partial charge in [0.25, 0.3) is 0 Å². The molecule has 0 aromatic carbocycles. The topological polar surface area (TPSA) is 38.3 Å². The molecule has 1 amide bonds. The zero-order valence-electron chi connectivity index (χ0n) is 9.01. The van der Waals surface area contributed by atoms with E-state index >= 15 is 0 Å². The lowest BCUT2D eigenvalue weighted by Gasteiger charge is -2.20. The van der Waals surface area contributed by atoms with E-state index in [4.69, 9.17) is 4.74 Å². The first-order chi connectivity index (χ1) is 5.85. The Hall–Kier alpha value is -0.380. The second-order valence-corrected chi connectivity index (χ2v) is 5.21. The van der Waals surface area contributed by atoms with E-state index in [2.05, 4.69) is 12.2 Å². The molecule has 1 N–H and O–H groups in total. The molecule has 0 aromatic rings. The number of rotatable bonds is 3. The second kappa shape index (κ2) is 5.37. The molecule has 0 rings (SSSR count). The van der Waals surface area contributed by atoms with Crippen molar-refractivity contribution in [3.05, 3.63) is 0 Å². The zero-order chi connectivity index (χ0) is 10.5. The highest BCUT2D eigenvalue weighted by Crippen LogP contribution is 2.07. The summed E-state index contributed by atoms with van der Waals surface area (Å²) in [6, 6.07) is 0. The van der Waals surface area contributed by atoms with Gasteiger partial charge in [-0.05, 0) is 27.0 Å². The lowest BCUT2D eigenvalue weighted by molar-refractivity contribution is 0.0528. The molecule has 0 aliphatic carbocycles. The predicted octanol–water partition coefficient (Wildman–Crippen LogP) is 2.26. The van der Waals surface area contributed by atoms with Crippen molar-refractivity contribution in [2.45, 2.75) is 38.5 Å². The minimum Gasteiger partial charge on any atom is -0.444 e. The number of nitrogens with one attached hydrogen (secondary N) is 1. The van der Waals surface area contributed by atoms with Gasteiger partial charge in [0, 0.05) is 11.8 Å². The van der Waals surface area contributed by atoms with Crippen LogP contribution in [0.4, 0.5) is 4.79 Å². The summed E-state index contributed by atoms with van der Waals surface area (Å²) in [5.41, 5.74) is -0.410. The molecular formula is C9H19NO2S. The Morgan fingerprint density at radius 3 is 2.46 bits per heavy atom.